The molecule has 7 heteroatoms. The average Bonchev–Trinajstić information content (AvgIpc) is 2.63. The third-order valence-electron chi connectivity index (χ3n) is 2.27. The number of aryl methyl sites for hydroxylation is 1. The Morgan fingerprint density at radius 1 is 1.50 bits per heavy atom. The number of thiophene rings is 1. The Morgan fingerprint density at radius 2 is 2.11 bits per heavy atom. The SMILES string of the molecule is Cc1ccc(S(N)(=O)=NC(=O)[C@@H](N)CC(C)C)s1. The molecule has 18 heavy (non-hydrogen) atoms. The van der Waals surface area contributed by atoms with Crippen molar-refractivity contribution in [3.05, 3.63) is 17.0 Å². The maximum absolute atomic E-state index is 12.1. The average molecular weight is 289 g/mol. The van der Waals surface area contributed by atoms with Crippen LogP contribution in [0.3, 0.4) is 0 Å². The molecule has 0 saturated carbocycles. The first-order chi connectivity index (χ1) is 8.22. The molecule has 0 aromatic carbocycles. The van der Waals surface area contributed by atoms with Gasteiger partial charge < -0.3 is 5.73 Å². The highest BCUT2D eigenvalue weighted by molar-refractivity contribution is 7.93. The van der Waals surface area contributed by atoms with Crippen molar-refractivity contribution < 1.29 is 9.00 Å². The lowest BCUT2D eigenvalue weighted by Crippen LogP contribution is -2.32. The van der Waals surface area contributed by atoms with E-state index in [1.54, 1.807) is 12.1 Å². The summed E-state index contributed by atoms with van der Waals surface area (Å²) in [6.45, 7) is 5.78. The zero-order valence-corrected chi connectivity index (χ0v) is 12.4. The van der Waals surface area contributed by atoms with Crippen LogP contribution in [0.2, 0.25) is 0 Å². The summed E-state index contributed by atoms with van der Waals surface area (Å²) in [5.74, 6) is -0.320. The minimum absolute atomic E-state index is 0.275. The molecule has 1 aromatic rings. The summed E-state index contributed by atoms with van der Waals surface area (Å²) in [5.41, 5.74) is 5.69. The van der Waals surface area contributed by atoms with Gasteiger partial charge in [-0.1, -0.05) is 13.8 Å². The lowest BCUT2D eigenvalue weighted by Gasteiger charge is -2.10. The van der Waals surface area contributed by atoms with E-state index >= 15 is 0 Å². The highest BCUT2D eigenvalue weighted by Gasteiger charge is 2.18. The predicted octanol–water partition coefficient (Wildman–Crippen LogP) is 1.66. The van der Waals surface area contributed by atoms with Crippen molar-refractivity contribution in [3.63, 3.8) is 0 Å². The molecule has 0 spiro atoms. The van der Waals surface area contributed by atoms with E-state index in [2.05, 4.69) is 4.36 Å². The summed E-state index contributed by atoms with van der Waals surface area (Å²) in [5, 5.41) is 5.62. The molecule has 0 aliphatic heterocycles. The fourth-order valence-electron chi connectivity index (χ4n) is 1.42. The molecule has 0 radical (unpaired) electrons. The van der Waals surface area contributed by atoms with Crippen molar-refractivity contribution in [3.8, 4) is 0 Å². The van der Waals surface area contributed by atoms with Crippen LogP contribution in [0.4, 0.5) is 0 Å². The molecule has 1 amide bonds. The highest BCUT2D eigenvalue weighted by Crippen LogP contribution is 2.20. The van der Waals surface area contributed by atoms with Crippen molar-refractivity contribution in [2.75, 3.05) is 0 Å². The zero-order valence-electron chi connectivity index (χ0n) is 10.8. The van der Waals surface area contributed by atoms with Crippen molar-refractivity contribution in [2.24, 2.45) is 21.2 Å². The minimum Gasteiger partial charge on any atom is -0.320 e. The smallest absolute Gasteiger partial charge is 0.271 e. The second-order valence-corrected chi connectivity index (χ2v) is 7.91. The van der Waals surface area contributed by atoms with Crippen LogP contribution in [-0.2, 0) is 14.7 Å². The van der Waals surface area contributed by atoms with Crippen LogP contribution in [0, 0.1) is 12.8 Å². The molecule has 1 heterocycles. The Labute approximate surface area is 112 Å². The van der Waals surface area contributed by atoms with Gasteiger partial charge in [-0.2, -0.15) is 0 Å². The molecule has 0 saturated heterocycles. The molecule has 0 aliphatic carbocycles. The number of hydrogen-bond acceptors (Lipinski definition) is 4. The Morgan fingerprint density at radius 3 is 2.56 bits per heavy atom. The van der Waals surface area contributed by atoms with E-state index in [0.717, 1.165) is 4.88 Å². The zero-order chi connectivity index (χ0) is 13.9. The van der Waals surface area contributed by atoms with E-state index in [1.807, 2.05) is 20.8 Å². The Kier molecular flexibility index (Phi) is 5.03. The number of nitrogens with zero attached hydrogens (tertiary/aromatic N) is 1. The quantitative estimate of drug-likeness (QED) is 0.881. The molecule has 1 unspecified atom stereocenters. The highest BCUT2D eigenvalue weighted by atomic mass is 32.2. The normalized spacial score (nSPS) is 16.3. The first kappa shape index (κ1) is 15.3. The Bertz CT molecular complexity index is 542. The summed E-state index contributed by atoms with van der Waals surface area (Å²) in [4.78, 5) is 12.7. The Balaban J connectivity index is 2.94. The molecule has 0 fully saturated rings. The van der Waals surface area contributed by atoms with Crippen LogP contribution in [0.25, 0.3) is 0 Å². The van der Waals surface area contributed by atoms with Gasteiger partial charge in [0, 0.05) is 4.88 Å². The van der Waals surface area contributed by atoms with Crippen molar-refractivity contribution in [2.45, 2.75) is 37.4 Å². The third-order valence-corrected chi connectivity index (χ3v) is 5.20. The molecule has 0 aliphatic rings. The first-order valence-corrected chi connectivity index (χ1v) is 8.02. The molecule has 1 rings (SSSR count). The van der Waals surface area contributed by atoms with Crippen LogP contribution in [-0.4, -0.2) is 16.2 Å². The molecule has 0 bridgehead atoms. The fraction of sp³-hybridized carbons (Fsp3) is 0.545. The van der Waals surface area contributed by atoms with E-state index in [4.69, 9.17) is 10.9 Å². The lowest BCUT2D eigenvalue weighted by molar-refractivity contribution is -0.119. The van der Waals surface area contributed by atoms with Crippen LogP contribution in [0.15, 0.2) is 20.7 Å². The summed E-state index contributed by atoms with van der Waals surface area (Å²) < 4.78 is 16.2. The molecular formula is C11H19N3O2S2. The van der Waals surface area contributed by atoms with Gasteiger partial charge in [-0.05, 0) is 31.4 Å². The standard InChI is InChI=1S/C11H19N3O2S2/c1-7(2)6-9(12)11(15)14-18(13,16)10-5-4-8(3)17-10/h4-5,7,9H,6,12H2,1-3H3,(H2,13,14,15,16)/t9-,18?/m0/s1. The van der Waals surface area contributed by atoms with Gasteiger partial charge in [-0.15, -0.1) is 15.7 Å². The number of amides is 1. The number of hydrogen-bond donors (Lipinski definition) is 2. The molecular weight excluding hydrogens is 270 g/mol. The largest absolute Gasteiger partial charge is 0.320 e. The van der Waals surface area contributed by atoms with Crippen molar-refractivity contribution >= 4 is 27.2 Å². The molecule has 4 N–H and O–H groups in total. The first-order valence-electron chi connectivity index (χ1n) is 5.63. The van der Waals surface area contributed by atoms with Crippen LogP contribution in [0.1, 0.15) is 25.1 Å². The molecule has 102 valence electrons. The maximum atomic E-state index is 12.1. The second kappa shape index (κ2) is 5.92. The van der Waals surface area contributed by atoms with Gasteiger partial charge in [0.2, 0.25) is 0 Å². The molecule has 5 nitrogen and oxygen atoms in total. The van der Waals surface area contributed by atoms with Gasteiger partial charge in [0.15, 0.2) is 9.92 Å². The number of nitrogens with two attached hydrogens (primary N) is 2. The third kappa shape index (κ3) is 4.16. The predicted molar refractivity (Wildman–Crippen MR) is 74.5 cm³/mol. The van der Waals surface area contributed by atoms with E-state index in [0.29, 0.717) is 10.6 Å². The fourth-order valence-corrected chi connectivity index (χ4v) is 3.75. The topological polar surface area (TPSA) is 98.5 Å². The van der Waals surface area contributed by atoms with Gasteiger partial charge in [-0.25, -0.2) is 9.35 Å². The summed E-state index contributed by atoms with van der Waals surface area (Å²) in [6.07, 6.45) is 0.501. The lowest BCUT2D eigenvalue weighted by atomic mass is 10.0. The minimum atomic E-state index is -3.16. The summed E-state index contributed by atoms with van der Waals surface area (Å²) in [6, 6.07) is 2.68. The molecule has 2 atom stereocenters. The van der Waals surface area contributed by atoms with Gasteiger partial charge >= 0.3 is 0 Å². The van der Waals surface area contributed by atoms with E-state index in [9.17, 15) is 9.00 Å². The monoisotopic (exact) mass is 289 g/mol. The van der Waals surface area contributed by atoms with Crippen LogP contribution < -0.4 is 10.9 Å². The van der Waals surface area contributed by atoms with Gasteiger partial charge in [0.25, 0.3) is 5.91 Å². The van der Waals surface area contributed by atoms with Gasteiger partial charge in [-0.3, -0.25) is 4.79 Å². The number of carbonyl (C=O) groups is 1. The number of rotatable bonds is 4. The summed E-state index contributed by atoms with van der Waals surface area (Å²) >= 11 is 1.28. The van der Waals surface area contributed by atoms with Gasteiger partial charge in [0.05, 0.1) is 6.04 Å². The van der Waals surface area contributed by atoms with Gasteiger partial charge in [0.1, 0.15) is 4.21 Å². The van der Waals surface area contributed by atoms with Crippen LogP contribution in [0.5, 0.6) is 0 Å². The van der Waals surface area contributed by atoms with Crippen LogP contribution >= 0.6 is 11.3 Å². The van der Waals surface area contributed by atoms with Crippen molar-refractivity contribution in [1.82, 2.24) is 0 Å². The van der Waals surface area contributed by atoms with E-state index < -0.39 is 21.9 Å². The summed E-state index contributed by atoms with van der Waals surface area (Å²) in [7, 11) is -3.16. The maximum Gasteiger partial charge on any atom is 0.271 e. The van der Waals surface area contributed by atoms with Crippen molar-refractivity contribution in [1.29, 1.82) is 0 Å². The number of carbonyl (C=O) groups excluding carboxylic acids is 1. The van der Waals surface area contributed by atoms with E-state index in [1.165, 1.54) is 11.3 Å². The van der Waals surface area contributed by atoms with E-state index in [-0.39, 0.29) is 5.92 Å². The molecule has 1 aromatic heterocycles. The second-order valence-electron chi connectivity index (χ2n) is 4.60. The Hall–Kier alpha value is -0.760.